The molecule has 0 bridgehead atoms. The second kappa shape index (κ2) is 6.63. The molecular formula is C20H22N4O2. The van der Waals surface area contributed by atoms with Crippen molar-refractivity contribution in [3.05, 3.63) is 48.3 Å². The molecule has 1 N–H and O–H groups in total. The summed E-state index contributed by atoms with van der Waals surface area (Å²) >= 11 is 0. The molecular weight excluding hydrogens is 328 g/mol. The van der Waals surface area contributed by atoms with E-state index in [1.54, 1.807) is 0 Å². The molecule has 4 heterocycles. The summed E-state index contributed by atoms with van der Waals surface area (Å²) in [6.07, 6.45) is 3.28. The molecule has 0 amide bonds. The Morgan fingerprint density at radius 2 is 2.00 bits per heavy atom. The number of hydrogen-bond acceptors (Lipinski definition) is 5. The molecule has 6 heteroatoms. The van der Waals surface area contributed by atoms with Gasteiger partial charge in [0, 0.05) is 31.4 Å². The van der Waals surface area contributed by atoms with Crippen molar-refractivity contribution in [1.29, 1.82) is 0 Å². The maximum atomic E-state index is 5.57. The minimum atomic E-state index is 0.289. The molecule has 0 spiro atoms. The number of hydrogen-bond donors (Lipinski definition) is 1. The van der Waals surface area contributed by atoms with Crippen molar-refractivity contribution < 1.29 is 9.47 Å². The number of nitrogens with zero attached hydrogens (tertiary/aromatic N) is 3. The van der Waals surface area contributed by atoms with Gasteiger partial charge < -0.3 is 19.2 Å². The molecule has 2 aliphatic heterocycles. The van der Waals surface area contributed by atoms with Crippen LogP contribution in [0.2, 0.25) is 0 Å². The molecule has 0 radical (unpaired) electrons. The molecule has 5 rings (SSSR count). The Balaban J connectivity index is 1.58. The fraction of sp³-hybridized carbons (Fsp3) is 0.350. The van der Waals surface area contributed by atoms with Gasteiger partial charge in [0.2, 0.25) is 6.79 Å². The van der Waals surface area contributed by atoms with Crippen LogP contribution in [0.25, 0.3) is 16.9 Å². The average molecular weight is 350 g/mol. The van der Waals surface area contributed by atoms with Gasteiger partial charge in [0.15, 0.2) is 11.5 Å². The first kappa shape index (κ1) is 15.7. The molecule has 134 valence electrons. The Morgan fingerprint density at radius 1 is 1.04 bits per heavy atom. The molecule has 3 aromatic rings. The SMILES string of the molecule is c1ccn2c(CN3CCCNCC3)c(-c3ccc4c(c3)OCO4)nc2c1. The van der Waals surface area contributed by atoms with Crippen LogP contribution < -0.4 is 14.8 Å². The topological polar surface area (TPSA) is 51.0 Å². The standard InChI is InChI=1S/C20H22N4O2/c1-2-10-24-16(13-23-9-3-7-21-8-11-23)20(22-19(24)4-1)15-5-6-17-18(12-15)26-14-25-17/h1-2,4-6,10,12,21H,3,7-9,11,13-14H2. The predicted molar refractivity (Wildman–Crippen MR) is 99.5 cm³/mol. The lowest BCUT2D eigenvalue weighted by Gasteiger charge is -2.20. The number of nitrogens with one attached hydrogen (secondary N) is 1. The highest BCUT2D eigenvalue weighted by molar-refractivity contribution is 5.69. The van der Waals surface area contributed by atoms with Crippen molar-refractivity contribution in [1.82, 2.24) is 19.6 Å². The molecule has 0 atom stereocenters. The molecule has 2 aromatic heterocycles. The van der Waals surface area contributed by atoms with E-state index in [-0.39, 0.29) is 6.79 Å². The number of pyridine rings is 1. The predicted octanol–water partition coefficient (Wildman–Crippen LogP) is 2.53. The number of ether oxygens (including phenoxy) is 2. The van der Waals surface area contributed by atoms with Gasteiger partial charge in [-0.15, -0.1) is 0 Å². The summed E-state index contributed by atoms with van der Waals surface area (Å²) in [5.41, 5.74) is 4.29. The molecule has 1 fully saturated rings. The maximum absolute atomic E-state index is 5.57. The zero-order chi connectivity index (χ0) is 17.3. The van der Waals surface area contributed by atoms with Gasteiger partial charge in [-0.2, -0.15) is 0 Å². The highest BCUT2D eigenvalue weighted by Crippen LogP contribution is 2.37. The average Bonchev–Trinajstić information content (AvgIpc) is 3.19. The number of imidazole rings is 1. The van der Waals surface area contributed by atoms with Crippen molar-refractivity contribution in [3.8, 4) is 22.8 Å². The Hall–Kier alpha value is -2.57. The largest absolute Gasteiger partial charge is 0.454 e. The van der Waals surface area contributed by atoms with Gasteiger partial charge in [-0.05, 0) is 49.8 Å². The van der Waals surface area contributed by atoms with Crippen LogP contribution in [0.5, 0.6) is 11.5 Å². The first-order valence-electron chi connectivity index (χ1n) is 9.17. The highest BCUT2D eigenvalue weighted by Gasteiger charge is 2.20. The number of fused-ring (bicyclic) bond motifs is 2. The Kier molecular flexibility index (Phi) is 3.99. The highest BCUT2D eigenvalue weighted by atomic mass is 16.7. The molecule has 26 heavy (non-hydrogen) atoms. The molecule has 0 unspecified atom stereocenters. The van der Waals surface area contributed by atoms with Crippen LogP contribution in [0.3, 0.4) is 0 Å². The minimum absolute atomic E-state index is 0.289. The van der Waals surface area contributed by atoms with Gasteiger partial charge in [-0.1, -0.05) is 6.07 Å². The Morgan fingerprint density at radius 3 is 3.00 bits per heavy atom. The fourth-order valence-corrected chi connectivity index (χ4v) is 3.74. The smallest absolute Gasteiger partial charge is 0.231 e. The lowest BCUT2D eigenvalue weighted by atomic mass is 10.1. The summed E-state index contributed by atoms with van der Waals surface area (Å²) in [7, 11) is 0. The molecule has 2 aliphatic rings. The first-order valence-corrected chi connectivity index (χ1v) is 9.17. The molecule has 6 nitrogen and oxygen atoms in total. The summed E-state index contributed by atoms with van der Waals surface area (Å²) in [6, 6.07) is 12.2. The van der Waals surface area contributed by atoms with E-state index in [4.69, 9.17) is 14.5 Å². The van der Waals surface area contributed by atoms with Crippen molar-refractivity contribution >= 4 is 5.65 Å². The second-order valence-corrected chi connectivity index (χ2v) is 6.78. The van der Waals surface area contributed by atoms with Gasteiger partial charge in [-0.25, -0.2) is 4.98 Å². The first-order chi connectivity index (χ1) is 12.9. The lowest BCUT2D eigenvalue weighted by molar-refractivity contribution is 0.174. The monoisotopic (exact) mass is 350 g/mol. The van der Waals surface area contributed by atoms with Crippen molar-refractivity contribution in [2.75, 3.05) is 33.0 Å². The molecule has 1 aromatic carbocycles. The van der Waals surface area contributed by atoms with E-state index >= 15 is 0 Å². The van der Waals surface area contributed by atoms with E-state index in [9.17, 15) is 0 Å². The van der Waals surface area contributed by atoms with Crippen LogP contribution in [-0.2, 0) is 6.54 Å². The van der Waals surface area contributed by atoms with Gasteiger partial charge in [0.1, 0.15) is 5.65 Å². The van der Waals surface area contributed by atoms with Gasteiger partial charge >= 0.3 is 0 Å². The number of benzene rings is 1. The fourth-order valence-electron chi connectivity index (χ4n) is 3.74. The van der Waals surface area contributed by atoms with E-state index in [2.05, 4.69) is 39.0 Å². The summed E-state index contributed by atoms with van der Waals surface area (Å²) in [6.45, 7) is 5.47. The van der Waals surface area contributed by atoms with Crippen LogP contribution in [0.15, 0.2) is 42.6 Å². The summed E-state index contributed by atoms with van der Waals surface area (Å²) in [4.78, 5) is 7.43. The summed E-state index contributed by atoms with van der Waals surface area (Å²) < 4.78 is 13.2. The quantitative estimate of drug-likeness (QED) is 0.787. The van der Waals surface area contributed by atoms with Crippen LogP contribution in [0.4, 0.5) is 0 Å². The lowest BCUT2D eigenvalue weighted by Crippen LogP contribution is -2.28. The van der Waals surface area contributed by atoms with Gasteiger partial charge in [-0.3, -0.25) is 4.90 Å². The van der Waals surface area contributed by atoms with Crippen molar-refractivity contribution in [2.24, 2.45) is 0 Å². The third-order valence-electron chi connectivity index (χ3n) is 5.08. The number of aromatic nitrogens is 2. The maximum Gasteiger partial charge on any atom is 0.231 e. The van der Waals surface area contributed by atoms with Crippen molar-refractivity contribution in [2.45, 2.75) is 13.0 Å². The van der Waals surface area contributed by atoms with E-state index < -0.39 is 0 Å². The van der Waals surface area contributed by atoms with Crippen LogP contribution in [0, 0.1) is 0 Å². The summed E-state index contributed by atoms with van der Waals surface area (Å²) in [5, 5.41) is 3.47. The third-order valence-corrected chi connectivity index (χ3v) is 5.08. The molecule has 1 saturated heterocycles. The molecule has 0 aliphatic carbocycles. The van der Waals surface area contributed by atoms with Crippen molar-refractivity contribution in [3.63, 3.8) is 0 Å². The van der Waals surface area contributed by atoms with E-state index in [1.165, 1.54) is 12.1 Å². The number of rotatable bonds is 3. The second-order valence-electron chi connectivity index (χ2n) is 6.78. The van der Waals surface area contributed by atoms with E-state index in [1.807, 2.05) is 18.2 Å². The van der Waals surface area contributed by atoms with Crippen LogP contribution >= 0.6 is 0 Å². The Bertz CT molecular complexity index is 929. The molecule has 0 saturated carbocycles. The Labute approximate surface area is 152 Å². The zero-order valence-electron chi connectivity index (χ0n) is 14.6. The third kappa shape index (κ3) is 2.81. The normalized spacial score (nSPS) is 17.5. The van der Waals surface area contributed by atoms with Gasteiger partial charge in [0.25, 0.3) is 0 Å². The van der Waals surface area contributed by atoms with Gasteiger partial charge in [0.05, 0.1) is 11.4 Å². The minimum Gasteiger partial charge on any atom is -0.454 e. The van der Waals surface area contributed by atoms with Crippen LogP contribution in [-0.4, -0.2) is 47.3 Å². The summed E-state index contributed by atoms with van der Waals surface area (Å²) in [5.74, 6) is 1.60. The van der Waals surface area contributed by atoms with Crippen LogP contribution in [0.1, 0.15) is 12.1 Å². The van der Waals surface area contributed by atoms with E-state index in [0.717, 1.165) is 61.1 Å². The zero-order valence-corrected chi connectivity index (χ0v) is 14.6. The van der Waals surface area contributed by atoms with E-state index in [0.29, 0.717) is 0 Å².